The molecule has 3 nitrogen and oxygen atoms in total. The zero-order chi connectivity index (χ0) is 33.5. The third-order valence-corrected chi connectivity index (χ3v) is 13.7. The Morgan fingerprint density at radius 1 is 0.451 bits per heavy atom. The summed E-state index contributed by atoms with van der Waals surface area (Å²) in [7, 11) is 0. The number of hydrogen-bond acceptors (Lipinski definition) is 6. The van der Waals surface area contributed by atoms with Crippen LogP contribution in [0.25, 0.3) is 71.6 Å². The molecule has 6 heteroatoms. The van der Waals surface area contributed by atoms with Crippen LogP contribution in [0.5, 0.6) is 0 Å². The molecule has 11 rings (SSSR count). The van der Waals surface area contributed by atoms with E-state index in [1.165, 1.54) is 77.2 Å². The highest BCUT2D eigenvalue weighted by Crippen LogP contribution is 2.45. The molecule has 10 aromatic rings. The second-order valence-corrected chi connectivity index (χ2v) is 16.4. The number of nitrogens with zero attached hydrogens (tertiary/aromatic N) is 1. The van der Waals surface area contributed by atoms with Crippen LogP contribution in [-0.4, -0.2) is 5.84 Å². The van der Waals surface area contributed by atoms with Crippen molar-refractivity contribution in [2.75, 3.05) is 0 Å². The summed E-state index contributed by atoms with van der Waals surface area (Å²) in [5, 5.41) is 15.4. The van der Waals surface area contributed by atoms with E-state index in [1.54, 1.807) is 0 Å². The first-order valence-electron chi connectivity index (χ1n) is 17.2. The van der Waals surface area contributed by atoms with E-state index < -0.39 is 0 Å². The van der Waals surface area contributed by atoms with Crippen molar-refractivity contribution >= 4 is 100 Å². The molecule has 7 aromatic carbocycles. The highest BCUT2D eigenvalue weighted by molar-refractivity contribution is 7.27. The van der Waals surface area contributed by atoms with Crippen LogP contribution in [0.1, 0.15) is 29.0 Å². The van der Waals surface area contributed by atoms with Crippen LogP contribution in [0.4, 0.5) is 0 Å². The molecule has 2 N–H and O–H groups in total. The Bertz CT molecular complexity index is 3000. The molecule has 0 radical (unpaired) electrons. The Morgan fingerprint density at radius 3 is 1.98 bits per heavy atom. The quantitative estimate of drug-likeness (QED) is 0.191. The topological polar surface area (TPSA) is 36.4 Å². The number of amidine groups is 1. The van der Waals surface area contributed by atoms with Gasteiger partial charge < -0.3 is 5.32 Å². The second-order valence-electron chi connectivity index (χ2n) is 13.2. The third-order valence-electron chi connectivity index (χ3n) is 10.2. The van der Waals surface area contributed by atoms with Crippen LogP contribution in [0.15, 0.2) is 157 Å². The van der Waals surface area contributed by atoms with Crippen LogP contribution in [0.3, 0.4) is 0 Å². The number of nitrogens with one attached hydrogen (secondary N) is 2. The summed E-state index contributed by atoms with van der Waals surface area (Å²) in [6.07, 6.45) is -0.291. The number of rotatable bonds is 4. The van der Waals surface area contributed by atoms with Crippen LogP contribution in [-0.2, 0) is 0 Å². The Labute approximate surface area is 306 Å². The predicted molar refractivity (Wildman–Crippen MR) is 222 cm³/mol. The predicted octanol–water partition coefficient (Wildman–Crippen LogP) is 12.8. The van der Waals surface area contributed by atoms with E-state index in [0.717, 1.165) is 17.0 Å². The van der Waals surface area contributed by atoms with Crippen molar-refractivity contribution < 1.29 is 0 Å². The minimum atomic E-state index is -0.201. The lowest BCUT2D eigenvalue weighted by molar-refractivity contribution is 0.409. The van der Waals surface area contributed by atoms with E-state index in [1.807, 2.05) is 34.0 Å². The van der Waals surface area contributed by atoms with Crippen molar-refractivity contribution in [1.29, 1.82) is 0 Å². The highest BCUT2D eigenvalue weighted by atomic mass is 32.1. The van der Waals surface area contributed by atoms with Crippen molar-refractivity contribution in [2.45, 2.75) is 12.3 Å². The van der Waals surface area contributed by atoms with Gasteiger partial charge in [0.15, 0.2) is 0 Å². The maximum absolute atomic E-state index is 5.34. The van der Waals surface area contributed by atoms with Crippen molar-refractivity contribution in [1.82, 2.24) is 10.6 Å². The SMILES string of the molecule is c1ccc(C2NC(c3ccc4c(c3)sc3cccc(-c5cccc6c5sc5ccccc56)c34)=NC(c3ccc4c(c3)sc3ccccc34)N2)cc1. The van der Waals surface area contributed by atoms with Crippen molar-refractivity contribution in [3.8, 4) is 11.1 Å². The maximum Gasteiger partial charge on any atom is 0.131 e. The molecule has 0 fully saturated rings. The van der Waals surface area contributed by atoms with Crippen LogP contribution >= 0.6 is 34.0 Å². The molecule has 0 saturated carbocycles. The fraction of sp³-hybridized carbons (Fsp3) is 0.0444. The van der Waals surface area contributed by atoms with E-state index in [4.69, 9.17) is 4.99 Å². The van der Waals surface area contributed by atoms with Gasteiger partial charge in [0.05, 0.1) is 0 Å². The number of benzene rings is 7. The van der Waals surface area contributed by atoms with E-state index in [9.17, 15) is 0 Å². The number of hydrogen-bond donors (Lipinski definition) is 2. The van der Waals surface area contributed by atoms with Gasteiger partial charge in [0.1, 0.15) is 18.2 Å². The summed E-state index contributed by atoms with van der Waals surface area (Å²) >= 11 is 5.60. The molecule has 51 heavy (non-hydrogen) atoms. The second kappa shape index (κ2) is 11.6. The summed E-state index contributed by atoms with van der Waals surface area (Å²) in [5.74, 6) is 0.902. The molecule has 0 aliphatic carbocycles. The van der Waals surface area contributed by atoms with E-state index >= 15 is 0 Å². The fourth-order valence-corrected chi connectivity index (χ4v) is 11.3. The smallest absolute Gasteiger partial charge is 0.131 e. The monoisotopic (exact) mass is 707 g/mol. The van der Waals surface area contributed by atoms with Gasteiger partial charge in [0, 0.05) is 71.6 Å². The van der Waals surface area contributed by atoms with Gasteiger partial charge in [-0.15, -0.1) is 34.0 Å². The zero-order valence-corrected chi connectivity index (χ0v) is 29.7. The summed E-state index contributed by atoms with van der Waals surface area (Å²) in [5.41, 5.74) is 6.04. The molecule has 242 valence electrons. The molecule has 0 spiro atoms. The van der Waals surface area contributed by atoms with Crippen molar-refractivity contribution in [2.24, 2.45) is 4.99 Å². The molecule has 3 aromatic heterocycles. The lowest BCUT2D eigenvalue weighted by Crippen LogP contribution is -2.44. The standard InChI is InChI=1S/C45H29N3S3/c1-2-10-26(11-3-1)43-46-44(27-20-22-31-29-12-4-6-17-36(29)49-39(31)24-27)48-45(47-43)28-21-23-35-40(25-28)50-38-19-9-14-32(41(35)38)34-16-8-15-33-30-13-5-7-18-37(30)51-42(33)34/h1-25,43-44,46H,(H,47,48). The Balaban J connectivity index is 1.04. The first kappa shape index (κ1) is 29.4. The van der Waals surface area contributed by atoms with Gasteiger partial charge in [-0.05, 0) is 47.0 Å². The molecular formula is C45H29N3S3. The minimum absolute atomic E-state index is 0.0895. The average molecular weight is 708 g/mol. The Hall–Kier alpha value is -5.37. The van der Waals surface area contributed by atoms with Gasteiger partial charge in [0.25, 0.3) is 0 Å². The zero-order valence-electron chi connectivity index (χ0n) is 27.3. The normalized spacial score (nSPS) is 16.4. The highest BCUT2D eigenvalue weighted by Gasteiger charge is 2.26. The first-order chi connectivity index (χ1) is 25.2. The van der Waals surface area contributed by atoms with Crippen LogP contribution < -0.4 is 10.6 Å². The molecule has 0 bridgehead atoms. The van der Waals surface area contributed by atoms with Gasteiger partial charge in [-0.25, -0.2) is 4.99 Å². The number of aliphatic imine (C=N–C) groups is 1. The molecule has 4 heterocycles. The fourth-order valence-electron chi connectivity index (χ4n) is 7.76. The van der Waals surface area contributed by atoms with E-state index in [-0.39, 0.29) is 12.3 Å². The van der Waals surface area contributed by atoms with Gasteiger partial charge >= 0.3 is 0 Å². The average Bonchev–Trinajstić information content (AvgIpc) is 3.88. The largest absolute Gasteiger partial charge is 0.350 e. The molecule has 0 amide bonds. The molecule has 2 unspecified atom stereocenters. The van der Waals surface area contributed by atoms with Gasteiger partial charge in [-0.1, -0.05) is 121 Å². The Morgan fingerprint density at radius 2 is 1.10 bits per heavy atom. The third kappa shape index (κ3) is 4.75. The molecule has 1 aliphatic rings. The van der Waals surface area contributed by atoms with Crippen molar-refractivity contribution in [3.05, 3.63) is 168 Å². The lowest BCUT2D eigenvalue weighted by Gasteiger charge is -2.32. The van der Waals surface area contributed by atoms with Gasteiger partial charge in [0.2, 0.25) is 0 Å². The molecule has 2 atom stereocenters. The summed E-state index contributed by atoms with van der Waals surface area (Å²) in [6.45, 7) is 0. The van der Waals surface area contributed by atoms with Crippen molar-refractivity contribution in [3.63, 3.8) is 0 Å². The molecular weight excluding hydrogens is 679 g/mol. The van der Waals surface area contributed by atoms with E-state index in [2.05, 4.69) is 162 Å². The first-order valence-corrected chi connectivity index (χ1v) is 19.6. The van der Waals surface area contributed by atoms with E-state index in [0.29, 0.717) is 0 Å². The van der Waals surface area contributed by atoms with Crippen LogP contribution in [0.2, 0.25) is 0 Å². The lowest BCUT2D eigenvalue weighted by atomic mass is 9.97. The summed E-state index contributed by atoms with van der Waals surface area (Å²) in [6, 6.07) is 55.3. The van der Waals surface area contributed by atoms with Gasteiger partial charge in [-0.3, -0.25) is 5.32 Å². The summed E-state index contributed by atoms with van der Waals surface area (Å²) in [4.78, 5) is 5.34. The van der Waals surface area contributed by atoms with Gasteiger partial charge in [-0.2, -0.15) is 0 Å². The Kier molecular flexibility index (Phi) is 6.67. The summed E-state index contributed by atoms with van der Waals surface area (Å²) < 4.78 is 7.85. The maximum atomic E-state index is 5.34. The molecule has 0 saturated heterocycles. The molecule has 1 aliphatic heterocycles. The van der Waals surface area contributed by atoms with Crippen LogP contribution in [0, 0.1) is 0 Å². The number of fused-ring (bicyclic) bond motifs is 9. The number of thiophene rings is 3. The minimum Gasteiger partial charge on any atom is -0.350 e.